The van der Waals surface area contributed by atoms with Crippen molar-refractivity contribution in [3.05, 3.63) is 158 Å². The minimum Gasteiger partial charge on any atom is -0.456 e. The van der Waals surface area contributed by atoms with Gasteiger partial charge in [0.2, 0.25) is 5.89 Å². The number of fused-ring (bicyclic) bond motifs is 6. The number of anilines is 3. The fraction of sp³-hybridized carbons (Fsp3) is 0. The van der Waals surface area contributed by atoms with Crippen molar-refractivity contribution < 1.29 is 8.83 Å². The minimum absolute atomic E-state index is 0.585. The van der Waals surface area contributed by atoms with E-state index in [0.717, 1.165) is 66.4 Å². The summed E-state index contributed by atoms with van der Waals surface area (Å²) < 4.78 is 12.9. The van der Waals surface area contributed by atoms with Crippen molar-refractivity contribution >= 4 is 60.9 Å². The Morgan fingerprint density at radius 1 is 0.444 bits per heavy atom. The van der Waals surface area contributed by atoms with Crippen LogP contribution in [-0.4, -0.2) is 4.98 Å². The summed E-state index contributed by atoms with van der Waals surface area (Å²) in [4.78, 5) is 7.15. The summed E-state index contributed by atoms with van der Waals surface area (Å²) in [5, 5.41) is 4.28. The van der Waals surface area contributed by atoms with Gasteiger partial charge in [-0.3, -0.25) is 0 Å². The van der Waals surface area contributed by atoms with E-state index in [-0.39, 0.29) is 0 Å². The molecule has 0 aliphatic rings. The van der Waals surface area contributed by atoms with Gasteiger partial charge in [-0.1, -0.05) is 103 Å². The third kappa shape index (κ3) is 4.19. The zero-order valence-corrected chi connectivity index (χ0v) is 24.2. The number of benzene rings is 7. The molecule has 4 nitrogen and oxygen atoms in total. The van der Waals surface area contributed by atoms with E-state index in [1.807, 2.05) is 48.5 Å². The summed E-state index contributed by atoms with van der Waals surface area (Å²) in [5.41, 5.74) is 9.66. The molecule has 0 aliphatic carbocycles. The van der Waals surface area contributed by atoms with Crippen molar-refractivity contribution in [3.63, 3.8) is 0 Å². The van der Waals surface area contributed by atoms with Crippen LogP contribution in [0, 0.1) is 0 Å². The second-order valence-corrected chi connectivity index (χ2v) is 11.2. The van der Waals surface area contributed by atoms with Crippen LogP contribution >= 0.6 is 0 Å². The Balaban J connectivity index is 1.29. The summed E-state index contributed by atoms with van der Waals surface area (Å²) >= 11 is 0. The zero-order valence-electron chi connectivity index (χ0n) is 24.2. The number of furan rings is 1. The Bertz CT molecular complexity index is 2440. The van der Waals surface area contributed by atoms with Crippen LogP contribution in [0.25, 0.3) is 66.4 Å². The third-order valence-corrected chi connectivity index (χ3v) is 8.49. The molecule has 4 heteroatoms. The van der Waals surface area contributed by atoms with Gasteiger partial charge >= 0.3 is 0 Å². The van der Waals surface area contributed by atoms with E-state index in [0.29, 0.717) is 5.89 Å². The molecule has 9 rings (SSSR count). The normalized spacial score (nSPS) is 11.6. The summed E-state index contributed by atoms with van der Waals surface area (Å²) in [6, 6.07) is 54.4. The van der Waals surface area contributed by atoms with Crippen LogP contribution in [0.3, 0.4) is 0 Å². The molecule has 0 saturated heterocycles. The van der Waals surface area contributed by atoms with Gasteiger partial charge in [-0.25, -0.2) is 4.98 Å². The van der Waals surface area contributed by atoms with Gasteiger partial charge in [-0.2, -0.15) is 0 Å². The molecule has 0 fully saturated rings. The van der Waals surface area contributed by atoms with Crippen molar-refractivity contribution in [2.45, 2.75) is 0 Å². The van der Waals surface area contributed by atoms with Crippen molar-refractivity contribution in [2.24, 2.45) is 0 Å². The standard InChI is InChI=1S/C41H26N2O2/c1-3-12-27(13-4-1)28-22-24-30(25-23-28)43(29-14-5-2-6-15-29)35-26-38-39(32-17-8-7-16-31(32)35)40-33(18-11-21-37(40)44-38)41-42-34-19-9-10-20-36(34)45-41/h1-26H. The first-order chi connectivity index (χ1) is 22.3. The van der Waals surface area contributed by atoms with Crippen molar-refractivity contribution in [1.82, 2.24) is 4.98 Å². The van der Waals surface area contributed by atoms with Gasteiger partial charge in [0.1, 0.15) is 16.7 Å². The summed E-state index contributed by atoms with van der Waals surface area (Å²) in [5.74, 6) is 0.585. The highest BCUT2D eigenvalue weighted by Gasteiger charge is 2.23. The zero-order chi connectivity index (χ0) is 29.7. The highest BCUT2D eigenvalue weighted by molar-refractivity contribution is 6.25. The SMILES string of the molecule is c1ccc(-c2ccc(N(c3ccccc3)c3cc4oc5cccc(-c6nc7ccccc7o6)c5c4c4ccccc34)cc2)cc1. The number of hydrogen-bond acceptors (Lipinski definition) is 4. The molecule has 45 heavy (non-hydrogen) atoms. The van der Waals surface area contributed by atoms with Gasteiger partial charge in [0.05, 0.1) is 5.69 Å². The monoisotopic (exact) mass is 578 g/mol. The van der Waals surface area contributed by atoms with Crippen LogP contribution in [0.15, 0.2) is 167 Å². The average Bonchev–Trinajstić information content (AvgIpc) is 3.71. The van der Waals surface area contributed by atoms with E-state index in [9.17, 15) is 0 Å². The molecule has 2 aromatic heterocycles. The maximum atomic E-state index is 6.64. The highest BCUT2D eigenvalue weighted by atomic mass is 16.3. The van der Waals surface area contributed by atoms with Crippen molar-refractivity contribution in [3.8, 4) is 22.6 Å². The smallest absolute Gasteiger partial charge is 0.228 e. The first-order valence-electron chi connectivity index (χ1n) is 15.1. The number of hydrogen-bond donors (Lipinski definition) is 0. The van der Waals surface area contributed by atoms with Gasteiger partial charge in [0.15, 0.2) is 5.58 Å². The molecule has 0 aliphatic heterocycles. The van der Waals surface area contributed by atoms with Crippen LogP contribution in [0.1, 0.15) is 0 Å². The lowest BCUT2D eigenvalue weighted by Gasteiger charge is -2.27. The number of para-hydroxylation sites is 3. The third-order valence-electron chi connectivity index (χ3n) is 8.49. The Hall–Kier alpha value is -6.13. The van der Waals surface area contributed by atoms with Crippen molar-refractivity contribution in [2.75, 3.05) is 4.90 Å². The Labute approximate surface area is 259 Å². The summed E-state index contributed by atoms with van der Waals surface area (Å²) in [6.07, 6.45) is 0. The molecule has 0 N–H and O–H groups in total. The van der Waals surface area contributed by atoms with Crippen LogP contribution in [-0.2, 0) is 0 Å². The maximum Gasteiger partial charge on any atom is 0.228 e. The average molecular weight is 579 g/mol. The fourth-order valence-corrected chi connectivity index (χ4v) is 6.45. The van der Waals surface area contributed by atoms with E-state index >= 15 is 0 Å². The molecular weight excluding hydrogens is 552 g/mol. The Kier molecular flexibility index (Phi) is 5.78. The predicted octanol–water partition coefficient (Wildman–Crippen LogP) is 11.7. The van der Waals surface area contributed by atoms with Gasteiger partial charge in [0.25, 0.3) is 0 Å². The molecule has 212 valence electrons. The topological polar surface area (TPSA) is 42.4 Å². The number of aromatic nitrogens is 1. The molecule has 0 radical (unpaired) electrons. The molecule has 0 unspecified atom stereocenters. The first-order valence-corrected chi connectivity index (χ1v) is 15.1. The van der Waals surface area contributed by atoms with Crippen LogP contribution in [0.4, 0.5) is 17.1 Å². The molecule has 2 heterocycles. The van der Waals surface area contributed by atoms with Crippen molar-refractivity contribution in [1.29, 1.82) is 0 Å². The van der Waals surface area contributed by atoms with Gasteiger partial charge in [-0.15, -0.1) is 0 Å². The Morgan fingerprint density at radius 3 is 1.89 bits per heavy atom. The highest BCUT2D eigenvalue weighted by Crippen LogP contribution is 2.46. The van der Waals surface area contributed by atoms with Gasteiger partial charge in [-0.05, 0) is 65.0 Å². The van der Waals surface area contributed by atoms with Crippen LogP contribution < -0.4 is 4.90 Å². The molecule has 0 saturated carbocycles. The lowest BCUT2D eigenvalue weighted by atomic mass is 9.98. The van der Waals surface area contributed by atoms with E-state index in [4.69, 9.17) is 13.8 Å². The fourth-order valence-electron chi connectivity index (χ4n) is 6.45. The van der Waals surface area contributed by atoms with E-state index in [2.05, 4.69) is 114 Å². The van der Waals surface area contributed by atoms with Crippen LogP contribution in [0.2, 0.25) is 0 Å². The summed E-state index contributed by atoms with van der Waals surface area (Å²) in [7, 11) is 0. The molecule has 0 bridgehead atoms. The Morgan fingerprint density at radius 2 is 1.09 bits per heavy atom. The van der Waals surface area contributed by atoms with Crippen LogP contribution in [0.5, 0.6) is 0 Å². The molecule has 0 atom stereocenters. The molecule has 0 spiro atoms. The molecule has 0 amide bonds. The van der Waals surface area contributed by atoms with Gasteiger partial charge in [0, 0.05) is 39.2 Å². The number of rotatable bonds is 5. The first kappa shape index (κ1) is 25.4. The summed E-state index contributed by atoms with van der Waals surface area (Å²) in [6.45, 7) is 0. The lowest BCUT2D eigenvalue weighted by molar-refractivity contribution is 0.620. The number of nitrogens with zero attached hydrogens (tertiary/aromatic N) is 2. The van der Waals surface area contributed by atoms with Gasteiger partial charge < -0.3 is 13.7 Å². The second kappa shape index (κ2) is 10.2. The van der Waals surface area contributed by atoms with E-state index in [1.54, 1.807) is 0 Å². The van der Waals surface area contributed by atoms with E-state index in [1.165, 1.54) is 11.1 Å². The second-order valence-electron chi connectivity index (χ2n) is 11.2. The molecular formula is C41H26N2O2. The maximum absolute atomic E-state index is 6.64. The number of oxazole rings is 1. The van der Waals surface area contributed by atoms with E-state index < -0.39 is 0 Å². The molecule has 7 aromatic carbocycles. The quantitative estimate of drug-likeness (QED) is 0.204. The minimum atomic E-state index is 0.585. The predicted molar refractivity (Wildman–Crippen MR) is 184 cm³/mol. The largest absolute Gasteiger partial charge is 0.456 e. The molecule has 9 aromatic rings. The lowest BCUT2D eigenvalue weighted by Crippen LogP contribution is -2.10.